The van der Waals surface area contributed by atoms with Crippen LogP contribution in [0.3, 0.4) is 0 Å². The van der Waals surface area contributed by atoms with E-state index in [0.29, 0.717) is 6.04 Å². The van der Waals surface area contributed by atoms with Crippen LogP contribution >= 0.6 is 0 Å². The third-order valence-corrected chi connectivity index (χ3v) is 5.18. The van der Waals surface area contributed by atoms with Crippen molar-refractivity contribution in [3.8, 4) is 0 Å². The summed E-state index contributed by atoms with van der Waals surface area (Å²) in [4.78, 5) is 2.58. The van der Waals surface area contributed by atoms with E-state index in [1.807, 2.05) is 0 Å². The quantitative estimate of drug-likeness (QED) is 0.784. The Bertz CT molecular complexity index is 239. The molecule has 3 atom stereocenters. The minimum Gasteiger partial charge on any atom is -0.391 e. The van der Waals surface area contributed by atoms with Gasteiger partial charge in [-0.15, -0.1) is 0 Å². The van der Waals surface area contributed by atoms with Gasteiger partial charge in [0.2, 0.25) is 0 Å². The van der Waals surface area contributed by atoms with Crippen LogP contribution in [0.15, 0.2) is 0 Å². The zero-order valence-electron chi connectivity index (χ0n) is 12.3. The van der Waals surface area contributed by atoms with Gasteiger partial charge in [-0.1, -0.05) is 33.1 Å². The first-order valence-corrected chi connectivity index (χ1v) is 8.16. The van der Waals surface area contributed by atoms with E-state index < -0.39 is 0 Å². The molecule has 0 aromatic rings. The Kier molecular flexibility index (Phi) is 5.50. The maximum atomic E-state index is 10.3. The molecule has 2 aliphatic rings. The molecular formula is C16H31NO. The van der Waals surface area contributed by atoms with Crippen molar-refractivity contribution in [2.75, 3.05) is 13.1 Å². The van der Waals surface area contributed by atoms with Crippen LogP contribution in [0.4, 0.5) is 0 Å². The van der Waals surface area contributed by atoms with Crippen molar-refractivity contribution in [1.82, 2.24) is 4.90 Å². The van der Waals surface area contributed by atoms with Crippen LogP contribution in [0, 0.1) is 11.8 Å². The summed E-state index contributed by atoms with van der Waals surface area (Å²) < 4.78 is 0. The summed E-state index contributed by atoms with van der Waals surface area (Å²) in [6.07, 6.45) is 10.3. The summed E-state index contributed by atoms with van der Waals surface area (Å²) in [6.45, 7) is 6.88. The fourth-order valence-corrected chi connectivity index (χ4v) is 3.78. The number of nitrogens with zero attached hydrogens (tertiary/aromatic N) is 1. The Balaban J connectivity index is 1.88. The van der Waals surface area contributed by atoms with Crippen molar-refractivity contribution in [2.45, 2.75) is 77.4 Å². The van der Waals surface area contributed by atoms with Crippen LogP contribution in [-0.2, 0) is 0 Å². The predicted molar refractivity (Wildman–Crippen MR) is 76.6 cm³/mol. The molecule has 2 fully saturated rings. The van der Waals surface area contributed by atoms with Gasteiger partial charge in [0.05, 0.1) is 6.10 Å². The molecule has 3 unspecified atom stereocenters. The maximum Gasteiger partial charge on any atom is 0.0695 e. The van der Waals surface area contributed by atoms with E-state index in [1.165, 1.54) is 51.5 Å². The summed E-state index contributed by atoms with van der Waals surface area (Å²) in [6, 6.07) is 0.445. The van der Waals surface area contributed by atoms with Crippen molar-refractivity contribution in [3.63, 3.8) is 0 Å². The van der Waals surface area contributed by atoms with Gasteiger partial charge in [-0.3, -0.25) is 4.90 Å². The standard InChI is InChI=1S/C16H31NO/c1-3-6-13-9-10-16(18)15(11-13)17(4-2)12-14-7-5-8-14/h13-16,18H,3-12H2,1-2H3. The number of rotatable bonds is 6. The van der Waals surface area contributed by atoms with E-state index in [0.717, 1.165) is 24.8 Å². The van der Waals surface area contributed by atoms with Crippen molar-refractivity contribution in [2.24, 2.45) is 11.8 Å². The Hall–Kier alpha value is -0.0800. The molecule has 2 nitrogen and oxygen atoms in total. The number of hydrogen-bond donors (Lipinski definition) is 1. The van der Waals surface area contributed by atoms with E-state index in [2.05, 4.69) is 18.7 Å². The molecule has 2 heteroatoms. The van der Waals surface area contributed by atoms with Crippen molar-refractivity contribution in [3.05, 3.63) is 0 Å². The molecule has 18 heavy (non-hydrogen) atoms. The average Bonchev–Trinajstić information content (AvgIpc) is 2.32. The molecule has 1 N–H and O–H groups in total. The molecule has 0 heterocycles. The minimum atomic E-state index is -0.0712. The molecule has 0 radical (unpaired) electrons. The van der Waals surface area contributed by atoms with Gasteiger partial charge < -0.3 is 5.11 Å². The lowest BCUT2D eigenvalue weighted by Gasteiger charge is -2.43. The number of aliphatic hydroxyl groups excluding tert-OH is 1. The molecule has 2 saturated carbocycles. The second kappa shape index (κ2) is 6.91. The molecule has 0 aliphatic heterocycles. The Labute approximate surface area is 113 Å². The van der Waals surface area contributed by atoms with Gasteiger partial charge in [-0.2, -0.15) is 0 Å². The molecule has 0 bridgehead atoms. The van der Waals surface area contributed by atoms with Crippen LogP contribution in [0.1, 0.15) is 65.2 Å². The number of likely N-dealkylation sites (N-methyl/N-ethyl adjacent to an activating group) is 1. The molecular weight excluding hydrogens is 222 g/mol. The molecule has 2 aliphatic carbocycles. The summed E-state index contributed by atoms with van der Waals surface area (Å²) in [5, 5.41) is 10.3. The van der Waals surface area contributed by atoms with E-state index in [9.17, 15) is 5.11 Å². The highest BCUT2D eigenvalue weighted by molar-refractivity contribution is 4.88. The molecule has 2 rings (SSSR count). The summed E-state index contributed by atoms with van der Waals surface area (Å²) in [5.41, 5.74) is 0. The molecule has 0 saturated heterocycles. The summed E-state index contributed by atoms with van der Waals surface area (Å²) in [5.74, 6) is 1.78. The zero-order chi connectivity index (χ0) is 13.0. The van der Waals surface area contributed by atoms with Crippen molar-refractivity contribution in [1.29, 1.82) is 0 Å². The van der Waals surface area contributed by atoms with Crippen molar-refractivity contribution < 1.29 is 5.11 Å². The molecule has 0 aromatic carbocycles. The van der Waals surface area contributed by atoms with Crippen molar-refractivity contribution >= 4 is 0 Å². The molecule has 0 aromatic heterocycles. The monoisotopic (exact) mass is 253 g/mol. The normalized spacial score (nSPS) is 33.7. The van der Waals surface area contributed by atoms with Crippen LogP contribution in [0.25, 0.3) is 0 Å². The third kappa shape index (κ3) is 3.48. The second-order valence-electron chi connectivity index (χ2n) is 6.49. The van der Waals surface area contributed by atoms with Gasteiger partial charge >= 0.3 is 0 Å². The lowest BCUT2D eigenvalue weighted by molar-refractivity contribution is -0.00767. The Morgan fingerprint density at radius 2 is 1.83 bits per heavy atom. The highest BCUT2D eigenvalue weighted by atomic mass is 16.3. The molecule has 106 valence electrons. The highest BCUT2D eigenvalue weighted by Gasteiger charge is 2.33. The first-order valence-electron chi connectivity index (χ1n) is 8.16. The zero-order valence-corrected chi connectivity index (χ0v) is 12.3. The highest BCUT2D eigenvalue weighted by Crippen LogP contribution is 2.33. The SMILES string of the molecule is CCCC1CCC(O)C(N(CC)CC2CCC2)C1. The van der Waals surface area contributed by atoms with Gasteiger partial charge in [0.25, 0.3) is 0 Å². The van der Waals surface area contributed by atoms with Gasteiger partial charge in [0, 0.05) is 12.6 Å². The molecule has 0 amide bonds. The second-order valence-corrected chi connectivity index (χ2v) is 6.49. The van der Waals surface area contributed by atoms with Gasteiger partial charge in [0.1, 0.15) is 0 Å². The average molecular weight is 253 g/mol. The predicted octanol–water partition coefficient (Wildman–Crippen LogP) is 3.44. The third-order valence-electron chi connectivity index (χ3n) is 5.18. The van der Waals surface area contributed by atoms with E-state index in [-0.39, 0.29) is 6.10 Å². The molecule has 0 spiro atoms. The lowest BCUT2D eigenvalue weighted by Crippen LogP contribution is -2.49. The minimum absolute atomic E-state index is 0.0712. The van der Waals surface area contributed by atoms with E-state index >= 15 is 0 Å². The largest absolute Gasteiger partial charge is 0.391 e. The smallest absolute Gasteiger partial charge is 0.0695 e. The summed E-state index contributed by atoms with van der Waals surface area (Å²) in [7, 11) is 0. The number of hydrogen-bond acceptors (Lipinski definition) is 2. The fourth-order valence-electron chi connectivity index (χ4n) is 3.78. The Morgan fingerprint density at radius 3 is 2.39 bits per heavy atom. The fraction of sp³-hybridized carbons (Fsp3) is 1.00. The van der Waals surface area contributed by atoms with E-state index in [1.54, 1.807) is 0 Å². The topological polar surface area (TPSA) is 23.5 Å². The van der Waals surface area contributed by atoms with Crippen LogP contribution < -0.4 is 0 Å². The van der Waals surface area contributed by atoms with Gasteiger partial charge in [-0.25, -0.2) is 0 Å². The Morgan fingerprint density at radius 1 is 1.06 bits per heavy atom. The van der Waals surface area contributed by atoms with E-state index in [4.69, 9.17) is 0 Å². The summed E-state index contributed by atoms with van der Waals surface area (Å²) >= 11 is 0. The number of aliphatic hydroxyl groups is 1. The van der Waals surface area contributed by atoms with Crippen LogP contribution in [0.2, 0.25) is 0 Å². The van der Waals surface area contributed by atoms with Gasteiger partial charge in [0.15, 0.2) is 0 Å². The maximum absolute atomic E-state index is 10.3. The first kappa shape index (κ1) is 14.3. The lowest BCUT2D eigenvalue weighted by atomic mass is 9.79. The van der Waals surface area contributed by atoms with Crippen LogP contribution in [0.5, 0.6) is 0 Å². The van der Waals surface area contributed by atoms with Gasteiger partial charge in [-0.05, 0) is 50.5 Å². The van der Waals surface area contributed by atoms with Crippen LogP contribution in [-0.4, -0.2) is 35.2 Å². The first-order chi connectivity index (χ1) is 8.74.